The largest absolute Gasteiger partial charge is 0.286 e. The number of rotatable bonds is 0. The zero-order valence-electron chi connectivity index (χ0n) is 11.0. The van der Waals surface area contributed by atoms with Crippen LogP contribution in [-0.4, -0.2) is 9.97 Å². The molecular weight excluding hydrogens is 248 g/mol. The van der Waals surface area contributed by atoms with Crippen LogP contribution in [0, 0.1) is 0 Å². The fourth-order valence-electron chi connectivity index (χ4n) is 1.11. The summed E-state index contributed by atoms with van der Waals surface area (Å²) in [5, 5.41) is 0. The van der Waals surface area contributed by atoms with Gasteiger partial charge in [0.15, 0.2) is 0 Å². The van der Waals surface area contributed by atoms with Crippen molar-refractivity contribution in [2.45, 2.75) is 0 Å². The van der Waals surface area contributed by atoms with Gasteiger partial charge in [-0.1, -0.05) is 60.7 Å². The van der Waals surface area contributed by atoms with E-state index in [1.54, 1.807) is 24.5 Å². The summed E-state index contributed by atoms with van der Waals surface area (Å²) in [6, 6.07) is 22.4. The van der Waals surface area contributed by atoms with E-state index in [0.29, 0.717) is 0 Å². The molecule has 0 aliphatic rings. The minimum absolute atomic E-state index is 0.255. The molecule has 1 heterocycles. The topological polar surface area (TPSA) is 42.9 Å². The maximum absolute atomic E-state index is 11.3. The van der Waals surface area contributed by atoms with Crippen molar-refractivity contribution >= 4 is 0 Å². The Hall–Kier alpha value is -2.81. The summed E-state index contributed by atoms with van der Waals surface area (Å²) >= 11 is 0. The number of nitrogens with zero attached hydrogens (tertiary/aromatic N) is 2. The first-order valence-electron chi connectivity index (χ1n) is 6.15. The van der Waals surface area contributed by atoms with Gasteiger partial charge in [-0.05, 0) is 12.1 Å². The third-order valence-corrected chi connectivity index (χ3v) is 1.97. The van der Waals surface area contributed by atoms with E-state index < -0.39 is 0 Å². The van der Waals surface area contributed by atoms with Crippen LogP contribution in [0.2, 0.25) is 0 Å². The highest BCUT2D eigenvalue weighted by molar-refractivity contribution is 4.97. The molecule has 3 nitrogen and oxygen atoms in total. The number of hydrogen-bond acceptors (Lipinski definition) is 3. The van der Waals surface area contributed by atoms with Gasteiger partial charge in [-0.2, -0.15) is 0 Å². The van der Waals surface area contributed by atoms with Crippen molar-refractivity contribution in [2.24, 2.45) is 0 Å². The van der Waals surface area contributed by atoms with Gasteiger partial charge in [0.05, 0.1) is 12.4 Å². The minimum Gasteiger partial charge on any atom is -0.286 e. The van der Waals surface area contributed by atoms with Crippen LogP contribution in [0.3, 0.4) is 0 Å². The molecule has 3 heteroatoms. The quantitative estimate of drug-likeness (QED) is 0.722. The van der Waals surface area contributed by atoms with Gasteiger partial charge < -0.3 is 0 Å². The van der Waals surface area contributed by atoms with Crippen molar-refractivity contribution in [1.29, 1.82) is 0 Å². The zero-order chi connectivity index (χ0) is 14.3. The zero-order valence-corrected chi connectivity index (χ0v) is 11.0. The van der Waals surface area contributed by atoms with Crippen LogP contribution in [0.15, 0.2) is 102 Å². The molecule has 0 amide bonds. The molecule has 100 valence electrons. The van der Waals surface area contributed by atoms with Gasteiger partial charge >= 0.3 is 0 Å². The van der Waals surface area contributed by atoms with Gasteiger partial charge in [-0.15, -0.1) is 0 Å². The second-order valence-electron chi connectivity index (χ2n) is 3.57. The molecule has 0 atom stereocenters. The number of hydrogen-bond donors (Lipinski definition) is 0. The smallest absolute Gasteiger partial charge is 0.214 e. The Morgan fingerprint density at radius 3 is 1.15 bits per heavy atom. The lowest BCUT2D eigenvalue weighted by molar-refractivity contribution is 1.27. The van der Waals surface area contributed by atoms with Crippen molar-refractivity contribution < 1.29 is 0 Å². The van der Waals surface area contributed by atoms with Crippen LogP contribution in [0.4, 0.5) is 0 Å². The van der Waals surface area contributed by atoms with E-state index in [9.17, 15) is 4.79 Å². The lowest BCUT2D eigenvalue weighted by atomic mass is 10.4. The summed E-state index contributed by atoms with van der Waals surface area (Å²) in [5.41, 5.74) is -0.255. The summed E-state index contributed by atoms with van der Waals surface area (Å²) in [5.74, 6) is 0. The molecule has 20 heavy (non-hydrogen) atoms. The van der Waals surface area contributed by atoms with E-state index in [1.165, 1.54) is 12.4 Å². The van der Waals surface area contributed by atoms with Crippen LogP contribution in [0.1, 0.15) is 0 Å². The Kier molecular flexibility index (Phi) is 8.61. The summed E-state index contributed by atoms with van der Waals surface area (Å²) in [4.78, 5) is 19.0. The molecule has 1 aromatic rings. The maximum atomic E-state index is 11.3. The third kappa shape index (κ3) is 9.24. The molecule has 0 unspecified atom stereocenters. The van der Waals surface area contributed by atoms with Crippen LogP contribution >= 0.6 is 0 Å². The van der Waals surface area contributed by atoms with Gasteiger partial charge in [0, 0.05) is 12.4 Å². The predicted octanol–water partition coefficient (Wildman–Crippen LogP) is 3.21. The fourth-order valence-corrected chi connectivity index (χ4v) is 1.11. The van der Waals surface area contributed by atoms with Crippen molar-refractivity contribution in [3.63, 3.8) is 0 Å². The molecule has 0 saturated carbocycles. The Balaban J connectivity index is 3.14. The van der Waals surface area contributed by atoms with Gasteiger partial charge in [-0.3, -0.25) is 14.8 Å². The molecule has 0 spiro atoms. The first-order valence-corrected chi connectivity index (χ1v) is 6.15. The Bertz CT molecular complexity index is 575. The first-order chi connectivity index (χ1) is 9.89. The molecular formula is C17H16N2O. The van der Waals surface area contributed by atoms with Gasteiger partial charge in [-0.25, -0.2) is 0 Å². The average Bonchev–Trinajstić information content (AvgIpc) is 2.45. The molecule has 0 saturated heterocycles. The van der Waals surface area contributed by atoms with Crippen molar-refractivity contribution in [2.75, 3.05) is 0 Å². The second-order valence-corrected chi connectivity index (χ2v) is 3.57. The standard InChI is InChI=1S/C17H16N2O/c20-17-15-18-13-11-9-7-5-3-1-2-4-6-8-10-12-14-19-16-17/h1-16H. The van der Waals surface area contributed by atoms with E-state index in [2.05, 4.69) is 9.97 Å². The van der Waals surface area contributed by atoms with E-state index in [4.69, 9.17) is 0 Å². The van der Waals surface area contributed by atoms with Gasteiger partial charge in [0.2, 0.25) is 5.43 Å². The molecule has 0 aromatic carbocycles. The fraction of sp³-hybridized carbons (Fsp3) is 0. The van der Waals surface area contributed by atoms with Crippen molar-refractivity contribution in [3.05, 3.63) is 108 Å². The molecule has 1 rings (SSSR count). The van der Waals surface area contributed by atoms with Crippen LogP contribution in [0.25, 0.3) is 0 Å². The third-order valence-electron chi connectivity index (χ3n) is 1.97. The lowest BCUT2D eigenvalue weighted by Gasteiger charge is -1.68. The monoisotopic (exact) mass is 264 g/mol. The molecule has 0 N–H and O–H groups in total. The predicted molar refractivity (Wildman–Crippen MR) is 81.2 cm³/mol. The minimum atomic E-state index is -0.255. The molecule has 0 aliphatic heterocycles. The van der Waals surface area contributed by atoms with E-state index in [1.807, 2.05) is 60.7 Å². The van der Waals surface area contributed by atoms with Crippen molar-refractivity contribution in [1.82, 2.24) is 9.97 Å². The highest BCUT2D eigenvalue weighted by atomic mass is 16.1. The highest BCUT2D eigenvalue weighted by Gasteiger charge is 1.69. The Labute approximate surface area is 118 Å². The Morgan fingerprint density at radius 1 is 0.500 bits per heavy atom. The molecule has 0 aliphatic carbocycles. The summed E-state index contributed by atoms with van der Waals surface area (Å²) < 4.78 is 0. The summed E-state index contributed by atoms with van der Waals surface area (Å²) in [6.45, 7) is 0. The molecule has 0 fully saturated rings. The summed E-state index contributed by atoms with van der Waals surface area (Å²) in [7, 11) is 0. The summed E-state index contributed by atoms with van der Waals surface area (Å²) in [6.07, 6.45) is 5.52. The first kappa shape index (κ1) is 15.2. The van der Waals surface area contributed by atoms with Crippen molar-refractivity contribution in [3.8, 4) is 0 Å². The lowest BCUT2D eigenvalue weighted by Crippen LogP contribution is -1.93. The van der Waals surface area contributed by atoms with Gasteiger partial charge in [0.1, 0.15) is 0 Å². The number of aromatic nitrogens is 2. The molecule has 1 aromatic heterocycles. The normalized spacial score (nSPS) is 8.20. The Morgan fingerprint density at radius 2 is 0.800 bits per heavy atom. The van der Waals surface area contributed by atoms with Crippen LogP contribution in [0.5, 0.6) is 0 Å². The molecule has 0 radical (unpaired) electrons. The highest BCUT2D eigenvalue weighted by Crippen LogP contribution is 1.78. The SMILES string of the molecule is O=c1cnccccccccccccccnc1. The maximum Gasteiger partial charge on any atom is 0.214 e. The van der Waals surface area contributed by atoms with Crippen LogP contribution < -0.4 is 5.43 Å². The van der Waals surface area contributed by atoms with E-state index in [0.717, 1.165) is 0 Å². The average molecular weight is 264 g/mol. The van der Waals surface area contributed by atoms with Gasteiger partial charge in [0.25, 0.3) is 0 Å². The van der Waals surface area contributed by atoms with E-state index >= 15 is 0 Å². The molecule has 0 bridgehead atoms. The van der Waals surface area contributed by atoms with Crippen LogP contribution in [-0.2, 0) is 0 Å². The second kappa shape index (κ2) is 11.3. The van der Waals surface area contributed by atoms with E-state index in [-0.39, 0.29) is 5.43 Å².